The van der Waals surface area contributed by atoms with Crippen molar-refractivity contribution in [2.24, 2.45) is 0 Å². The highest BCUT2D eigenvalue weighted by Gasteiger charge is 2.04. The second-order valence-electron chi connectivity index (χ2n) is 3.94. The molecule has 0 radical (unpaired) electrons. The molecule has 0 amide bonds. The fourth-order valence-corrected chi connectivity index (χ4v) is 1.00. The predicted molar refractivity (Wildman–Crippen MR) is 71.2 cm³/mol. The Balaban J connectivity index is 0.00000106. The van der Waals surface area contributed by atoms with E-state index in [2.05, 4.69) is 45.0 Å². The standard InChI is InChI=1S/C12H19NO.C2H6/c1-10-5-7-12(8-6-10)14-9-11(2)13(3)4;1-2/h5-8,11H,9H2,1-4H3;1-2H3. The summed E-state index contributed by atoms with van der Waals surface area (Å²) in [5.74, 6) is 0.948. The van der Waals surface area contributed by atoms with Crippen molar-refractivity contribution in [2.45, 2.75) is 33.7 Å². The zero-order chi connectivity index (χ0) is 12.6. The maximum Gasteiger partial charge on any atom is 0.119 e. The topological polar surface area (TPSA) is 12.5 Å². The van der Waals surface area contributed by atoms with E-state index in [1.165, 1.54) is 5.56 Å². The van der Waals surface area contributed by atoms with Crippen LogP contribution < -0.4 is 4.74 Å². The van der Waals surface area contributed by atoms with Gasteiger partial charge < -0.3 is 9.64 Å². The minimum Gasteiger partial charge on any atom is -0.492 e. The van der Waals surface area contributed by atoms with Crippen LogP contribution in [0.5, 0.6) is 5.75 Å². The first-order valence-corrected chi connectivity index (χ1v) is 5.95. The van der Waals surface area contributed by atoms with Crippen molar-refractivity contribution >= 4 is 0 Å². The Morgan fingerprint density at radius 1 is 1.12 bits per heavy atom. The fourth-order valence-electron chi connectivity index (χ4n) is 1.00. The highest BCUT2D eigenvalue weighted by Crippen LogP contribution is 2.11. The van der Waals surface area contributed by atoms with Gasteiger partial charge in [-0.3, -0.25) is 0 Å². The Morgan fingerprint density at radius 3 is 2.06 bits per heavy atom. The van der Waals surface area contributed by atoms with Gasteiger partial charge in [0, 0.05) is 6.04 Å². The lowest BCUT2D eigenvalue weighted by atomic mass is 10.2. The first-order chi connectivity index (χ1) is 7.59. The molecule has 0 aromatic heterocycles. The molecule has 0 saturated heterocycles. The molecular weight excluding hydrogens is 198 g/mol. The van der Waals surface area contributed by atoms with E-state index in [9.17, 15) is 0 Å². The molecule has 92 valence electrons. The van der Waals surface area contributed by atoms with Crippen molar-refractivity contribution in [3.05, 3.63) is 29.8 Å². The minimum atomic E-state index is 0.441. The van der Waals surface area contributed by atoms with Gasteiger partial charge in [-0.15, -0.1) is 0 Å². The zero-order valence-electron chi connectivity index (χ0n) is 11.4. The summed E-state index contributed by atoms with van der Waals surface area (Å²) in [5.41, 5.74) is 1.26. The molecule has 0 heterocycles. The molecule has 0 aliphatic carbocycles. The smallest absolute Gasteiger partial charge is 0.119 e. The Bertz CT molecular complexity index is 267. The quantitative estimate of drug-likeness (QED) is 0.776. The third-order valence-electron chi connectivity index (χ3n) is 2.39. The van der Waals surface area contributed by atoms with Crippen LogP contribution in [0.25, 0.3) is 0 Å². The summed E-state index contributed by atoms with van der Waals surface area (Å²) in [7, 11) is 4.12. The van der Waals surface area contributed by atoms with Crippen molar-refractivity contribution in [1.82, 2.24) is 4.90 Å². The first-order valence-electron chi connectivity index (χ1n) is 5.95. The molecule has 1 rings (SSSR count). The molecule has 1 aromatic carbocycles. The molecule has 2 nitrogen and oxygen atoms in total. The van der Waals surface area contributed by atoms with Crippen LogP contribution in [0.2, 0.25) is 0 Å². The minimum absolute atomic E-state index is 0.441. The van der Waals surface area contributed by atoms with E-state index in [0.29, 0.717) is 6.04 Å². The molecule has 0 bridgehead atoms. The molecule has 2 heteroatoms. The van der Waals surface area contributed by atoms with Gasteiger partial charge in [0.1, 0.15) is 12.4 Å². The molecule has 1 atom stereocenters. The van der Waals surface area contributed by atoms with Gasteiger partial charge in [0.2, 0.25) is 0 Å². The van der Waals surface area contributed by atoms with Gasteiger partial charge in [-0.05, 0) is 40.1 Å². The van der Waals surface area contributed by atoms with Gasteiger partial charge in [-0.1, -0.05) is 31.5 Å². The Hall–Kier alpha value is -1.02. The third-order valence-corrected chi connectivity index (χ3v) is 2.39. The molecule has 1 aromatic rings. The maximum absolute atomic E-state index is 5.64. The summed E-state index contributed by atoms with van der Waals surface area (Å²) in [6, 6.07) is 8.59. The Morgan fingerprint density at radius 2 is 1.62 bits per heavy atom. The highest BCUT2D eigenvalue weighted by molar-refractivity contribution is 5.26. The third kappa shape index (κ3) is 5.76. The van der Waals surface area contributed by atoms with E-state index < -0.39 is 0 Å². The van der Waals surface area contributed by atoms with Crippen molar-refractivity contribution in [1.29, 1.82) is 0 Å². The first kappa shape index (κ1) is 15.0. The van der Waals surface area contributed by atoms with Crippen molar-refractivity contribution in [2.75, 3.05) is 20.7 Å². The Labute approximate surface area is 100 Å². The van der Waals surface area contributed by atoms with Crippen LogP contribution in [0.15, 0.2) is 24.3 Å². The summed E-state index contributed by atoms with van der Waals surface area (Å²) in [6.07, 6.45) is 0. The predicted octanol–water partition coefficient (Wildman–Crippen LogP) is 3.35. The second-order valence-corrected chi connectivity index (χ2v) is 3.94. The number of nitrogens with zero attached hydrogens (tertiary/aromatic N) is 1. The van der Waals surface area contributed by atoms with E-state index in [1.54, 1.807) is 0 Å². The van der Waals surface area contributed by atoms with E-state index in [1.807, 2.05) is 26.0 Å². The molecule has 0 saturated carbocycles. The SMILES string of the molecule is CC.Cc1ccc(OCC(C)N(C)C)cc1. The van der Waals surface area contributed by atoms with Crippen LogP contribution in [-0.2, 0) is 0 Å². The monoisotopic (exact) mass is 223 g/mol. The van der Waals surface area contributed by atoms with Gasteiger partial charge in [0.25, 0.3) is 0 Å². The van der Waals surface area contributed by atoms with Crippen molar-refractivity contribution < 1.29 is 4.74 Å². The molecule has 0 N–H and O–H groups in total. The fraction of sp³-hybridized carbons (Fsp3) is 0.571. The molecule has 0 spiro atoms. The largest absolute Gasteiger partial charge is 0.492 e. The van der Waals surface area contributed by atoms with Crippen molar-refractivity contribution in [3.8, 4) is 5.75 Å². The second kappa shape index (κ2) is 8.17. The number of benzene rings is 1. The van der Waals surface area contributed by atoms with Crippen LogP contribution >= 0.6 is 0 Å². The summed E-state index contributed by atoms with van der Waals surface area (Å²) in [5, 5.41) is 0. The van der Waals surface area contributed by atoms with Gasteiger partial charge in [0.15, 0.2) is 0 Å². The highest BCUT2D eigenvalue weighted by atomic mass is 16.5. The maximum atomic E-state index is 5.64. The summed E-state index contributed by atoms with van der Waals surface area (Å²) < 4.78 is 5.64. The molecule has 0 aliphatic rings. The number of hydrogen-bond donors (Lipinski definition) is 0. The lowest BCUT2D eigenvalue weighted by Crippen LogP contribution is -2.30. The number of hydrogen-bond acceptors (Lipinski definition) is 2. The van der Waals surface area contributed by atoms with Gasteiger partial charge >= 0.3 is 0 Å². The van der Waals surface area contributed by atoms with Gasteiger partial charge in [0.05, 0.1) is 0 Å². The summed E-state index contributed by atoms with van der Waals surface area (Å²) in [6.45, 7) is 8.95. The lowest BCUT2D eigenvalue weighted by molar-refractivity contribution is 0.198. The molecule has 16 heavy (non-hydrogen) atoms. The van der Waals surface area contributed by atoms with Crippen molar-refractivity contribution in [3.63, 3.8) is 0 Å². The number of rotatable bonds is 4. The average Bonchev–Trinajstić information content (AvgIpc) is 2.30. The molecule has 0 aliphatic heterocycles. The number of aryl methyl sites for hydroxylation is 1. The van der Waals surface area contributed by atoms with Crippen LogP contribution in [0, 0.1) is 6.92 Å². The number of likely N-dealkylation sites (N-methyl/N-ethyl adjacent to an activating group) is 1. The van der Waals surface area contributed by atoms with Crippen LogP contribution in [0.4, 0.5) is 0 Å². The normalized spacial score (nSPS) is 11.7. The van der Waals surface area contributed by atoms with Gasteiger partial charge in [-0.2, -0.15) is 0 Å². The van der Waals surface area contributed by atoms with Crippen LogP contribution in [-0.4, -0.2) is 31.6 Å². The molecular formula is C14H25NO. The van der Waals surface area contributed by atoms with E-state index in [0.717, 1.165) is 12.4 Å². The summed E-state index contributed by atoms with van der Waals surface area (Å²) >= 11 is 0. The molecule has 1 unspecified atom stereocenters. The van der Waals surface area contributed by atoms with Crippen LogP contribution in [0.3, 0.4) is 0 Å². The molecule has 0 fully saturated rings. The Kier molecular flexibility index (Phi) is 7.65. The van der Waals surface area contributed by atoms with E-state index in [4.69, 9.17) is 4.74 Å². The van der Waals surface area contributed by atoms with Crippen LogP contribution in [0.1, 0.15) is 26.3 Å². The lowest BCUT2D eigenvalue weighted by Gasteiger charge is -2.19. The summed E-state index contributed by atoms with van der Waals surface area (Å²) in [4.78, 5) is 2.15. The van der Waals surface area contributed by atoms with Gasteiger partial charge in [-0.25, -0.2) is 0 Å². The number of ether oxygens (including phenoxy) is 1. The zero-order valence-corrected chi connectivity index (χ0v) is 11.4. The van der Waals surface area contributed by atoms with E-state index >= 15 is 0 Å². The van der Waals surface area contributed by atoms with E-state index in [-0.39, 0.29) is 0 Å². The average molecular weight is 223 g/mol.